The fourth-order valence-corrected chi connectivity index (χ4v) is 6.44. The van der Waals surface area contributed by atoms with Crippen molar-refractivity contribution in [2.45, 2.75) is 61.4 Å². The Morgan fingerprint density at radius 2 is 1.62 bits per heavy atom. The molecule has 1 saturated heterocycles. The van der Waals surface area contributed by atoms with Gasteiger partial charge in [-0.05, 0) is 68.9 Å². The van der Waals surface area contributed by atoms with Crippen LogP contribution in [0.4, 0.5) is 26.3 Å². The van der Waals surface area contributed by atoms with Crippen LogP contribution in [-0.2, 0) is 27.2 Å². The molecule has 0 aliphatic carbocycles. The van der Waals surface area contributed by atoms with E-state index in [1.54, 1.807) is 0 Å². The second-order valence-corrected chi connectivity index (χ2v) is 12.3. The van der Waals surface area contributed by atoms with Gasteiger partial charge in [0.1, 0.15) is 5.82 Å². The first-order valence-electron chi connectivity index (χ1n) is 11.6. The third kappa shape index (κ3) is 6.28. The average molecular weight is 551 g/mol. The summed E-state index contributed by atoms with van der Waals surface area (Å²) in [5.41, 5.74) is 4.74. The number of nitrogens with zero attached hydrogens (tertiary/aromatic N) is 1. The molecule has 37 heavy (non-hydrogen) atoms. The molecule has 2 N–H and O–H groups in total. The number of rotatable bonds is 7. The summed E-state index contributed by atoms with van der Waals surface area (Å²) in [5.74, 6) is -4.30. The molecular formula is C25H28F6N2O3S. The fraction of sp³-hybridized carbons (Fsp3) is 0.480. The van der Waals surface area contributed by atoms with Crippen LogP contribution in [0.15, 0.2) is 41.3 Å². The van der Waals surface area contributed by atoms with Crippen LogP contribution in [0.1, 0.15) is 44.2 Å². The number of likely N-dealkylation sites (tertiary alicyclic amines) is 1. The van der Waals surface area contributed by atoms with Gasteiger partial charge in [-0.3, -0.25) is 4.79 Å². The molecule has 0 spiro atoms. The van der Waals surface area contributed by atoms with E-state index in [1.807, 2.05) is 0 Å². The van der Waals surface area contributed by atoms with Crippen molar-refractivity contribution in [2.24, 2.45) is 11.7 Å². The highest BCUT2D eigenvalue weighted by Crippen LogP contribution is 2.39. The fourth-order valence-electron chi connectivity index (χ4n) is 4.62. The van der Waals surface area contributed by atoms with Crippen LogP contribution in [0.2, 0.25) is 0 Å². The zero-order valence-electron chi connectivity index (χ0n) is 20.3. The van der Waals surface area contributed by atoms with Crippen LogP contribution < -0.4 is 5.73 Å². The lowest BCUT2D eigenvalue weighted by molar-refractivity contribution is -0.137. The molecule has 5 nitrogen and oxygen atoms in total. The van der Waals surface area contributed by atoms with Crippen molar-refractivity contribution in [3.63, 3.8) is 0 Å². The molecule has 0 unspecified atom stereocenters. The van der Waals surface area contributed by atoms with Gasteiger partial charge in [-0.2, -0.15) is 13.2 Å². The third-order valence-corrected chi connectivity index (χ3v) is 9.60. The van der Waals surface area contributed by atoms with Gasteiger partial charge in [-0.15, -0.1) is 0 Å². The molecule has 12 heteroatoms. The maximum absolute atomic E-state index is 13.9. The number of amides is 1. The van der Waals surface area contributed by atoms with E-state index in [0.29, 0.717) is 31.0 Å². The van der Waals surface area contributed by atoms with E-state index < -0.39 is 60.6 Å². The Hall–Kier alpha value is -2.60. The van der Waals surface area contributed by atoms with Crippen molar-refractivity contribution in [1.82, 2.24) is 4.90 Å². The number of hydrogen-bond acceptors (Lipinski definition) is 4. The topological polar surface area (TPSA) is 80.5 Å². The quantitative estimate of drug-likeness (QED) is 0.394. The van der Waals surface area contributed by atoms with Gasteiger partial charge in [0.05, 0.1) is 15.2 Å². The molecule has 1 aliphatic heterocycles. The van der Waals surface area contributed by atoms with Gasteiger partial charge in [0.2, 0.25) is 5.91 Å². The van der Waals surface area contributed by atoms with Crippen LogP contribution in [0.3, 0.4) is 0 Å². The van der Waals surface area contributed by atoms with Gasteiger partial charge < -0.3 is 10.6 Å². The van der Waals surface area contributed by atoms with Crippen molar-refractivity contribution in [1.29, 1.82) is 0 Å². The van der Waals surface area contributed by atoms with Crippen LogP contribution in [0.5, 0.6) is 0 Å². The summed E-state index contributed by atoms with van der Waals surface area (Å²) in [6.45, 7) is 3.35. The monoisotopic (exact) mass is 550 g/mol. The minimum absolute atomic E-state index is 0.153. The van der Waals surface area contributed by atoms with Crippen molar-refractivity contribution < 1.29 is 39.6 Å². The summed E-state index contributed by atoms with van der Waals surface area (Å²) in [6, 6.07) is 3.90. The largest absolute Gasteiger partial charge is 0.416 e. The smallest absolute Gasteiger partial charge is 0.343 e. The number of carbonyl (C=O) groups is 1. The first-order chi connectivity index (χ1) is 17.0. The molecule has 0 saturated carbocycles. The summed E-state index contributed by atoms with van der Waals surface area (Å²) in [7, 11) is -4.14. The number of alkyl halides is 3. The molecule has 0 aromatic heterocycles. The molecule has 2 aromatic rings. The van der Waals surface area contributed by atoms with Crippen LogP contribution >= 0.6 is 0 Å². The Morgan fingerprint density at radius 1 is 1.03 bits per heavy atom. The molecule has 0 bridgehead atoms. The molecular weight excluding hydrogens is 522 g/mol. The molecule has 3 rings (SSSR count). The highest BCUT2D eigenvalue weighted by Gasteiger charge is 2.45. The molecule has 0 radical (unpaired) electrons. The number of carbonyl (C=O) groups excluding carboxylic acids is 1. The van der Waals surface area contributed by atoms with Crippen LogP contribution in [-0.4, -0.2) is 43.1 Å². The Labute approximate surface area is 211 Å². The van der Waals surface area contributed by atoms with E-state index in [0.717, 1.165) is 18.2 Å². The summed E-state index contributed by atoms with van der Waals surface area (Å²) in [5, 5.41) is 0. The summed E-state index contributed by atoms with van der Waals surface area (Å²) in [4.78, 5) is 13.8. The average Bonchev–Trinajstić information content (AvgIpc) is 2.82. The normalized spacial score (nSPS) is 16.6. The maximum atomic E-state index is 13.9. The second-order valence-electron chi connectivity index (χ2n) is 9.81. The van der Waals surface area contributed by atoms with Gasteiger partial charge in [-0.1, -0.05) is 6.07 Å². The van der Waals surface area contributed by atoms with E-state index in [1.165, 1.54) is 18.7 Å². The van der Waals surface area contributed by atoms with Crippen molar-refractivity contribution in [3.05, 3.63) is 65.0 Å². The lowest BCUT2D eigenvalue weighted by Gasteiger charge is -2.40. The van der Waals surface area contributed by atoms with Gasteiger partial charge in [0, 0.05) is 31.6 Å². The van der Waals surface area contributed by atoms with E-state index in [4.69, 9.17) is 5.73 Å². The standard InChI is InChI=1S/C25H28F6N2O3S/c1-24(2,37(35,36)19-5-3-4-17(12-19)25(29,30)31)16-6-8-33(9-7-16)23(34)13-18(32)10-15-11-21(27)22(28)14-20(15)26/h3-5,11-12,14,16,18H,6-10,13,32H2,1-2H3/t18-/m0/s1. The van der Waals surface area contributed by atoms with Crippen molar-refractivity contribution in [2.75, 3.05) is 13.1 Å². The lowest BCUT2D eigenvalue weighted by atomic mass is 9.85. The van der Waals surface area contributed by atoms with Crippen LogP contribution in [0.25, 0.3) is 0 Å². The molecule has 1 heterocycles. The number of benzene rings is 2. The van der Waals surface area contributed by atoms with Gasteiger partial charge in [-0.25, -0.2) is 21.6 Å². The first-order valence-corrected chi connectivity index (χ1v) is 13.1. The zero-order chi connectivity index (χ0) is 27.8. The Morgan fingerprint density at radius 3 is 2.22 bits per heavy atom. The lowest BCUT2D eigenvalue weighted by Crippen LogP contribution is -2.48. The minimum Gasteiger partial charge on any atom is -0.343 e. The molecule has 1 amide bonds. The van der Waals surface area contributed by atoms with Crippen molar-refractivity contribution in [3.8, 4) is 0 Å². The van der Waals surface area contributed by atoms with Crippen molar-refractivity contribution >= 4 is 15.7 Å². The summed E-state index contributed by atoms with van der Waals surface area (Å²) < 4.78 is 105. The van der Waals surface area contributed by atoms with E-state index in [9.17, 15) is 39.6 Å². The number of piperidine rings is 1. The van der Waals surface area contributed by atoms with E-state index in [-0.39, 0.29) is 37.4 Å². The van der Waals surface area contributed by atoms with E-state index in [2.05, 4.69) is 0 Å². The van der Waals surface area contributed by atoms with Crippen LogP contribution in [0, 0.1) is 23.4 Å². The maximum Gasteiger partial charge on any atom is 0.416 e. The molecule has 2 aromatic carbocycles. The first kappa shape index (κ1) is 29.0. The SMILES string of the molecule is CC(C)(C1CCN(C(=O)C[C@@H](N)Cc2cc(F)c(F)cc2F)CC1)S(=O)(=O)c1cccc(C(F)(F)F)c1. The zero-order valence-corrected chi connectivity index (χ0v) is 21.1. The summed E-state index contributed by atoms with van der Waals surface area (Å²) >= 11 is 0. The minimum atomic E-state index is -4.68. The highest BCUT2D eigenvalue weighted by atomic mass is 32.2. The predicted octanol–water partition coefficient (Wildman–Crippen LogP) is 4.87. The molecule has 1 atom stereocenters. The molecule has 1 aliphatic rings. The van der Waals surface area contributed by atoms with Gasteiger partial charge >= 0.3 is 6.18 Å². The molecule has 1 fully saturated rings. The summed E-state index contributed by atoms with van der Waals surface area (Å²) in [6.07, 6.45) is -4.46. The Kier molecular flexibility index (Phi) is 8.33. The number of nitrogens with two attached hydrogens (primary N) is 1. The number of halogens is 6. The number of hydrogen-bond donors (Lipinski definition) is 1. The van der Waals surface area contributed by atoms with E-state index >= 15 is 0 Å². The predicted molar refractivity (Wildman–Crippen MR) is 125 cm³/mol. The number of sulfone groups is 1. The Bertz CT molecular complexity index is 1260. The molecule has 204 valence electrons. The van der Waals surface area contributed by atoms with Gasteiger partial charge in [0.15, 0.2) is 21.5 Å². The highest BCUT2D eigenvalue weighted by molar-refractivity contribution is 7.92. The second kappa shape index (κ2) is 10.6. The third-order valence-electron chi connectivity index (χ3n) is 7.00. The van der Waals surface area contributed by atoms with Gasteiger partial charge in [0.25, 0.3) is 0 Å². The Balaban J connectivity index is 1.63.